The predicted molar refractivity (Wildman–Crippen MR) is 97.0 cm³/mol. The Labute approximate surface area is 143 Å². The number of aliphatic carboxylic acids is 1. The number of hydrogen-bond acceptors (Lipinski definition) is 4. The number of benzene rings is 2. The predicted octanol–water partition coefficient (Wildman–Crippen LogP) is 3.01. The zero-order valence-corrected chi connectivity index (χ0v) is 14.6. The van der Waals surface area contributed by atoms with Crippen LogP contribution in [-0.2, 0) is 9.53 Å². The van der Waals surface area contributed by atoms with Gasteiger partial charge in [-0.05, 0) is 35.4 Å². The minimum atomic E-state index is -0.977. The van der Waals surface area contributed by atoms with Crippen molar-refractivity contribution in [2.24, 2.45) is 0 Å². The standard InChI is InChI=1S/C19H24N2O3/c1-20(2)16-9-5-14(6-10-16)19(24-13-18(22)23)15-7-11-17(12-8-15)21(3)4/h5-12,19H,13H2,1-4H3,(H,22,23). The molecule has 128 valence electrons. The summed E-state index contributed by atoms with van der Waals surface area (Å²) < 4.78 is 5.65. The van der Waals surface area contributed by atoms with Crippen LogP contribution < -0.4 is 9.80 Å². The molecule has 2 rings (SSSR count). The first-order valence-electron chi connectivity index (χ1n) is 7.76. The molecule has 2 aromatic carbocycles. The van der Waals surface area contributed by atoms with E-state index >= 15 is 0 Å². The van der Waals surface area contributed by atoms with Crippen LogP contribution in [0.15, 0.2) is 48.5 Å². The van der Waals surface area contributed by atoms with Crippen molar-refractivity contribution in [3.63, 3.8) is 0 Å². The molecule has 0 amide bonds. The third kappa shape index (κ3) is 4.49. The molecule has 5 nitrogen and oxygen atoms in total. The molecule has 1 N–H and O–H groups in total. The van der Waals surface area contributed by atoms with E-state index in [1.165, 1.54) is 0 Å². The molecule has 0 atom stereocenters. The second-order valence-electron chi connectivity index (χ2n) is 6.06. The van der Waals surface area contributed by atoms with Gasteiger partial charge in [0, 0.05) is 39.6 Å². The van der Waals surface area contributed by atoms with Gasteiger partial charge in [-0.25, -0.2) is 4.79 Å². The Kier molecular flexibility index (Phi) is 5.82. The molecule has 24 heavy (non-hydrogen) atoms. The molecule has 0 aliphatic carbocycles. The van der Waals surface area contributed by atoms with Crippen molar-refractivity contribution in [1.82, 2.24) is 0 Å². The first-order chi connectivity index (χ1) is 11.4. The molecule has 0 heterocycles. The number of carboxylic acid groups (broad SMARTS) is 1. The maximum atomic E-state index is 10.9. The smallest absolute Gasteiger partial charge is 0.329 e. The monoisotopic (exact) mass is 328 g/mol. The van der Waals surface area contributed by atoms with Crippen molar-refractivity contribution < 1.29 is 14.6 Å². The number of ether oxygens (including phenoxy) is 1. The van der Waals surface area contributed by atoms with Crippen LogP contribution in [0.5, 0.6) is 0 Å². The third-order valence-electron chi connectivity index (χ3n) is 3.80. The number of hydrogen-bond donors (Lipinski definition) is 1. The van der Waals surface area contributed by atoms with Gasteiger partial charge < -0.3 is 19.6 Å². The van der Waals surface area contributed by atoms with E-state index in [9.17, 15) is 4.79 Å². The van der Waals surface area contributed by atoms with Gasteiger partial charge in [0.25, 0.3) is 0 Å². The Hall–Kier alpha value is -2.53. The molecule has 0 radical (unpaired) electrons. The highest BCUT2D eigenvalue weighted by Crippen LogP contribution is 2.29. The summed E-state index contributed by atoms with van der Waals surface area (Å²) in [6.07, 6.45) is -0.409. The topological polar surface area (TPSA) is 53.0 Å². The summed E-state index contributed by atoms with van der Waals surface area (Å²) >= 11 is 0. The van der Waals surface area contributed by atoms with Crippen molar-refractivity contribution in [1.29, 1.82) is 0 Å². The molecule has 0 aliphatic heterocycles. The van der Waals surface area contributed by atoms with E-state index in [1.54, 1.807) is 0 Å². The molecule has 2 aromatic rings. The molecule has 0 aliphatic rings. The second kappa shape index (κ2) is 7.84. The van der Waals surface area contributed by atoms with Crippen LogP contribution in [0.3, 0.4) is 0 Å². The first kappa shape index (κ1) is 17.8. The van der Waals surface area contributed by atoms with Crippen molar-refractivity contribution >= 4 is 17.3 Å². The molecule has 0 spiro atoms. The minimum Gasteiger partial charge on any atom is -0.480 e. The Morgan fingerprint density at radius 3 is 1.54 bits per heavy atom. The van der Waals surface area contributed by atoms with Gasteiger partial charge in [0.1, 0.15) is 12.7 Å². The highest BCUT2D eigenvalue weighted by Gasteiger charge is 2.17. The first-order valence-corrected chi connectivity index (χ1v) is 7.76. The zero-order valence-electron chi connectivity index (χ0n) is 14.6. The number of anilines is 2. The van der Waals surface area contributed by atoms with E-state index in [0.29, 0.717) is 0 Å². The average molecular weight is 328 g/mol. The van der Waals surface area contributed by atoms with Gasteiger partial charge in [-0.15, -0.1) is 0 Å². The third-order valence-corrected chi connectivity index (χ3v) is 3.80. The van der Waals surface area contributed by atoms with Gasteiger partial charge in [-0.1, -0.05) is 24.3 Å². The SMILES string of the molecule is CN(C)c1ccc(C(OCC(=O)O)c2ccc(N(C)C)cc2)cc1. The number of nitrogens with zero attached hydrogens (tertiary/aromatic N) is 2. The van der Waals surface area contributed by atoms with E-state index in [2.05, 4.69) is 0 Å². The molecule has 0 unspecified atom stereocenters. The van der Waals surface area contributed by atoms with Crippen LogP contribution in [0, 0.1) is 0 Å². The van der Waals surface area contributed by atoms with Crippen LogP contribution in [0.2, 0.25) is 0 Å². The Morgan fingerprint density at radius 1 is 0.875 bits per heavy atom. The van der Waals surface area contributed by atoms with Gasteiger partial charge in [-0.2, -0.15) is 0 Å². The van der Waals surface area contributed by atoms with E-state index in [-0.39, 0.29) is 6.61 Å². The highest BCUT2D eigenvalue weighted by molar-refractivity contribution is 5.68. The Balaban J connectivity index is 2.31. The maximum Gasteiger partial charge on any atom is 0.329 e. The Bertz CT molecular complexity index is 613. The zero-order chi connectivity index (χ0) is 17.7. The van der Waals surface area contributed by atoms with Crippen LogP contribution in [0.1, 0.15) is 17.2 Å². The molecule has 5 heteroatoms. The van der Waals surface area contributed by atoms with E-state index in [0.717, 1.165) is 22.5 Å². The van der Waals surface area contributed by atoms with E-state index in [4.69, 9.17) is 9.84 Å². The number of rotatable bonds is 7. The van der Waals surface area contributed by atoms with Crippen LogP contribution in [-0.4, -0.2) is 45.9 Å². The van der Waals surface area contributed by atoms with Crippen molar-refractivity contribution in [2.45, 2.75) is 6.10 Å². The number of carbonyl (C=O) groups is 1. The van der Waals surface area contributed by atoms with Gasteiger partial charge in [0.15, 0.2) is 0 Å². The normalized spacial score (nSPS) is 10.7. The summed E-state index contributed by atoms with van der Waals surface area (Å²) in [7, 11) is 7.92. The number of carboxylic acids is 1. The Morgan fingerprint density at radius 2 is 1.25 bits per heavy atom. The minimum absolute atomic E-state index is 0.338. The molecule has 0 saturated carbocycles. The lowest BCUT2D eigenvalue weighted by Gasteiger charge is -2.21. The van der Waals surface area contributed by atoms with Crippen LogP contribution >= 0.6 is 0 Å². The van der Waals surface area contributed by atoms with Crippen molar-refractivity contribution in [3.8, 4) is 0 Å². The molecular weight excluding hydrogens is 304 g/mol. The van der Waals surface area contributed by atoms with Crippen molar-refractivity contribution in [2.75, 3.05) is 44.6 Å². The van der Waals surface area contributed by atoms with E-state index in [1.807, 2.05) is 86.5 Å². The summed E-state index contributed by atoms with van der Waals surface area (Å²) in [6.45, 7) is -0.338. The lowest BCUT2D eigenvalue weighted by Crippen LogP contribution is -2.14. The summed E-state index contributed by atoms with van der Waals surface area (Å²) in [5, 5.41) is 8.95. The second-order valence-corrected chi connectivity index (χ2v) is 6.06. The fourth-order valence-electron chi connectivity index (χ4n) is 2.43. The average Bonchev–Trinajstić information content (AvgIpc) is 2.55. The van der Waals surface area contributed by atoms with Crippen LogP contribution in [0.25, 0.3) is 0 Å². The molecule has 0 fully saturated rings. The summed E-state index contributed by atoms with van der Waals surface area (Å²) in [5.74, 6) is -0.977. The van der Waals surface area contributed by atoms with Gasteiger partial charge >= 0.3 is 5.97 Å². The largest absolute Gasteiger partial charge is 0.480 e. The quantitative estimate of drug-likeness (QED) is 0.847. The van der Waals surface area contributed by atoms with Crippen molar-refractivity contribution in [3.05, 3.63) is 59.7 Å². The summed E-state index contributed by atoms with van der Waals surface area (Å²) in [5.41, 5.74) is 4.02. The van der Waals surface area contributed by atoms with Crippen LogP contribution in [0.4, 0.5) is 11.4 Å². The van der Waals surface area contributed by atoms with Gasteiger partial charge in [0.2, 0.25) is 0 Å². The lowest BCUT2D eigenvalue weighted by atomic mass is 10.0. The maximum absolute atomic E-state index is 10.9. The summed E-state index contributed by atoms with van der Waals surface area (Å²) in [4.78, 5) is 14.9. The van der Waals surface area contributed by atoms with Gasteiger partial charge in [-0.3, -0.25) is 0 Å². The molecule has 0 saturated heterocycles. The molecular formula is C19H24N2O3. The van der Waals surface area contributed by atoms with Gasteiger partial charge in [0.05, 0.1) is 0 Å². The molecule has 0 bridgehead atoms. The lowest BCUT2D eigenvalue weighted by molar-refractivity contribution is -0.143. The fourth-order valence-corrected chi connectivity index (χ4v) is 2.43. The fraction of sp³-hybridized carbons (Fsp3) is 0.316. The summed E-state index contributed by atoms with van der Waals surface area (Å²) in [6, 6.07) is 15.9. The highest BCUT2D eigenvalue weighted by atomic mass is 16.5. The molecule has 0 aromatic heterocycles. The van der Waals surface area contributed by atoms with E-state index < -0.39 is 12.1 Å².